The molecule has 0 spiro atoms. The summed E-state index contributed by atoms with van der Waals surface area (Å²) in [5.74, 6) is 2.29. The number of amides is 1. The zero-order chi connectivity index (χ0) is 66.6. The molecule has 0 radical (unpaired) electrons. The Morgan fingerprint density at radius 1 is 0.425 bits per heavy atom. The fourth-order valence-corrected chi connectivity index (χ4v) is 6.78. The van der Waals surface area contributed by atoms with Crippen molar-refractivity contribution in [3.63, 3.8) is 0 Å². The van der Waals surface area contributed by atoms with Gasteiger partial charge in [-0.3, -0.25) is 58.0 Å². The Hall–Kier alpha value is -2.77. The molecule has 80 heavy (non-hydrogen) atoms. The van der Waals surface area contributed by atoms with Crippen molar-refractivity contribution in [3.05, 3.63) is 0 Å². The van der Waals surface area contributed by atoms with Gasteiger partial charge in [0.05, 0.1) is 43.4 Å². The van der Waals surface area contributed by atoms with E-state index in [0.29, 0.717) is 30.9 Å². The van der Waals surface area contributed by atoms with Crippen LogP contribution in [-0.2, 0) is 38.4 Å². The number of likely N-dealkylation sites (N-methyl/N-ethyl adjacent to an activating group) is 5. The highest BCUT2D eigenvalue weighted by atomic mass is 32.1. The lowest BCUT2D eigenvalue weighted by atomic mass is 9.84. The summed E-state index contributed by atoms with van der Waals surface area (Å²) < 4.78 is 0. The zero-order valence-corrected chi connectivity index (χ0v) is 59.7. The van der Waals surface area contributed by atoms with Crippen molar-refractivity contribution in [1.82, 2.24) is 29.4 Å². The molecule has 0 heterocycles. The van der Waals surface area contributed by atoms with Crippen LogP contribution in [0.5, 0.6) is 0 Å². The highest BCUT2D eigenvalue weighted by Crippen LogP contribution is 2.24. The van der Waals surface area contributed by atoms with E-state index in [2.05, 4.69) is 12.6 Å². The van der Waals surface area contributed by atoms with Gasteiger partial charge in [-0.2, -0.15) is 12.6 Å². The number of carbonyl (C=O) groups excluding carboxylic acids is 8. The normalized spacial score (nSPS) is 14.1. The molecule has 1 amide bonds. The van der Waals surface area contributed by atoms with Crippen LogP contribution >= 0.6 is 12.6 Å². The molecule has 0 aliphatic rings. The van der Waals surface area contributed by atoms with Crippen LogP contribution in [0.2, 0.25) is 0 Å². The average Bonchev–Trinajstić information content (AvgIpc) is 3.21. The van der Waals surface area contributed by atoms with Crippen LogP contribution in [-0.4, -0.2) is 220 Å². The second-order valence-electron chi connectivity index (χ2n) is 29.7. The maximum Gasteiger partial charge on any atom is 0.222 e. The molecule has 5 atom stereocenters. The Balaban J connectivity index is -0.000000158. The molecule has 0 aromatic heterocycles. The van der Waals surface area contributed by atoms with Crippen LogP contribution in [0.1, 0.15) is 186 Å². The molecule has 0 aromatic carbocycles. The van der Waals surface area contributed by atoms with Gasteiger partial charge in [0.25, 0.3) is 0 Å². The maximum atomic E-state index is 12.2. The molecule has 0 rings (SSSR count). The first-order chi connectivity index (χ1) is 35.0. The first-order valence-electron chi connectivity index (χ1n) is 28.2. The molecule has 0 aromatic rings. The van der Waals surface area contributed by atoms with Gasteiger partial charge in [-0.15, -0.1) is 0 Å². The summed E-state index contributed by atoms with van der Waals surface area (Å²) in [7, 11) is 22.1. The third-order valence-corrected chi connectivity index (χ3v) is 12.5. The topological polar surface area (TPSA) is 196 Å². The molecule has 2 N–H and O–H groups in total. The quantitative estimate of drug-likeness (QED) is 0.116. The van der Waals surface area contributed by atoms with Crippen molar-refractivity contribution < 1.29 is 48.6 Å². The number of ketones is 7. The van der Waals surface area contributed by atoms with E-state index in [1.165, 1.54) is 0 Å². The number of hydrogen-bond acceptors (Lipinski definition) is 16. The second kappa shape index (κ2) is 39.7. The Morgan fingerprint density at radius 2 is 0.713 bits per heavy atom. The van der Waals surface area contributed by atoms with Crippen LogP contribution in [0, 0.1) is 43.8 Å². The van der Waals surface area contributed by atoms with Gasteiger partial charge in [-0.1, -0.05) is 159 Å². The number of nitrogens with zero attached hydrogens (tertiary/aromatic N) is 6. The van der Waals surface area contributed by atoms with Crippen LogP contribution in [0.4, 0.5) is 0 Å². The van der Waals surface area contributed by atoms with E-state index in [9.17, 15) is 43.5 Å². The Bertz CT molecular complexity index is 1760. The first-order valence-corrected chi connectivity index (χ1v) is 28.8. The summed E-state index contributed by atoms with van der Waals surface area (Å²) in [5, 5.41) is 18.4. The van der Waals surface area contributed by atoms with E-state index in [-0.39, 0.29) is 104 Å². The van der Waals surface area contributed by atoms with Crippen molar-refractivity contribution in [3.8, 4) is 0 Å². The number of hydrogen-bond donors (Lipinski definition) is 3. The molecule has 0 saturated carbocycles. The third-order valence-electron chi connectivity index (χ3n) is 12.1. The maximum absolute atomic E-state index is 12.2. The summed E-state index contributed by atoms with van der Waals surface area (Å²) in [6.07, 6.45) is 0.374. The van der Waals surface area contributed by atoms with Crippen LogP contribution in [0.15, 0.2) is 0 Å². The van der Waals surface area contributed by atoms with E-state index in [0.717, 1.165) is 0 Å². The Morgan fingerprint density at radius 3 is 0.825 bits per heavy atom. The van der Waals surface area contributed by atoms with Gasteiger partial charge < -0.3 is 20.0 Å². The SMILES string of the molecule is CC(=O)C(C)(C)C.CC(C)C(=O)C(C)(C)C.CC(O)C(C(=O)C(C)(C)C)N(C)C.CN(C)C(=O)CCC(C(=O)C(C)(C)C)N(C)C.CN(C)C(CO)C(=O)C(C)(C)C.CN(C)C(CS)C(=O)C(C)(C)C.CN(C)CC(=O)C(C)(C)C. The summed E-state index contributed by atoms with van der Waals surface area (Å²) in [6.45, 7) is 47.8. The van der Waals surface area contributed by atoms with E-state index in [4.69, 9.17) is 5.11 Å². The van der Waals surface area contributed by atoms with E-state index in [1.54, 1.807) is 70.8 Å². The second-order valence-corrected chi connectivity index (χ2v) is 30.1. The lowest BCUT2D eigenvalue weighted by Crippen LogP contribution is -2.48. The fraction of sp³-hybridized carbons (Fsp3) is 0.873. The van der Waals surface area contributed by atoms with Crippen LogP contribution < -0.4 is 0 Å². The van der Waals surface area contributed by atoms with Crippen molar-refractivity contribution in [2.45, 2.75) is 216 Å². The largest absolute Gasteiger partial charge is 0.394 e. The smallest absolute Gasteiger partial charge is 0.222 e. The van der Waals surface area contributed by atoms with E-state index >= 15 is 0 Å². The standard InChI is InChI=1S/C13H26N2O2.C10H21NO2.C9H19NO2.C9H19NOS.C8H17NO.C8H16O.C6H12O/c1-13(2,3)12(17)10(14(4)5)8-9-11(16)15(6)7;1-7(12)8(11(5)6)9(13)10(2,3)4;1-9(2,3)8(12)7(6-11)10(4)5;1-9(2,3)8(11)7(6-12)10(4)5;1-8(2,3)7(10)6-9(4)5;1-6(2)7(9)8(3,4)5;1-5(7)6(2,3)4/h10H,8-9H2,1-7H3;7-8,12H,1-6H3;7,11H,6H2,1-5H3;7,12H,6H2,1-5H3;6H2,1-5H3;6H,1-5H3;1-4H3. The van der Waals surface area contributed by atoms with Crippen molar-refractivity contribution in [1.29, 1.82) is 0 Å². The monoisotopic (exact) mass is 1160 g/mol. The Kier molecular flexibility index (Phi) is 45.2. The molecule has 478 valence electrons. The minimum Gasteiger partial charge on any atom is -0.394 e. The number of thiol groups is 1. The van der Waals surface area contributed by atoms with E-state index in [1.807, 2.05) is 216 Å². The summed E-state index contributed by atoms with van der Waals surface area (Å²) in [4.78, 5) is 103. The number of rotatable bonds is 17. The third kappa shape index (κ3) is 44.8. The molecule has 0 bridgehead atoms. The van der Waals surface area contributed by atoms with E-state index < -0.39 is 17.6 Å². The van der Waals surface area contributed by atoms with Gasteiger partial charge in [-0.25, -0.2) is 0 Å². The van der Waals surface area contributed by atoms with Gasteiger partial charge in [0, 0.05) is 70.1 Å². The number of aliphatic hydroxyl groups is 2. The number of aliphatic hydroxyl groups excluding tert-OH is 2. The fourth-order valence-electron chi connectivity index (χ4n) is 6.29. The number of Topliss-reactive ketones (excluding diaryl/α,β-unsaturated/α-hetero) is 7. The molecular weight excluding hydrogens is 1030 g/mol. The number of carbonyl (C=O) groups is 8. The molecule has 17 heteroatoms. The predicted molar refractivity (Wildman–Crippen MR) is 341 cm³/mol. The summed E-state index contributed by atoms with van der Waals surface area (Å²) in [5.41, 5.74) is -1.89. The summed E-state index contributed by atoms with van der Waals surface area (Å²) >= 11 is 4.16. The average molecular weight is 1160 g/mol. The van der Waals surface area contributed by atoms with Crippen molar-refractivity contribution in [2.75, 3.05) is 103 Å². The van der Waals surface area contributed by atoms with Gasteiger partial charge in [0.1, 0.15) is 11.6 Å². The minimum absolute atomic E-state index is 0.0617. The van der Waals surface area contributed by atoms with Gasteiger partial charge >= 0.3 is 0 Å². The Labute approximate surface area is 498 Å². The minimum atomic E-state index is -0.623. The van der Waals surface area contributed by atoms with Crippen LogP contribution in [0.25, 0.3) is 0 Å². The molecule has 0 fully saturated rings. The first kappa shape index (κ1) is 91.0. The lowest BCUT2D eigenvalue weighted by Gasteiger charge is -2.31. The molecule has 5 unspecified atom stereocenters. The van der Waals surface area contributed by atoms with Crippen molar-refractivity contribution in [2.24, 2.45) is 43.8 Å². The van der Waals surface area contributed by atoms with Gasteiger partial charge in [0.2, 0.25) is 5.91 Å². The molecule has 0 aliphatic carbocycles. The van der Waals surface area contributed by atoms with Gasteiger partial charge in [-0.05, 0) is 90.7 Å². The zero-order valence-electron chi connectivity index (χ0n) is 58.8. The summed E-state index contributed by atoms with van der Waals surface area (Å²) in [6, 6.07) is -1.02. The highest BCUT2D eigenvalue weighted by Gasteiger charge is 2.35. The molecule has 0 aliphatic heterocycles. The predicted octanol–water partition coefficient (Wildman–Crippen LogP) is 9.34. The molecule has 16 nitrogen and oxygen atoms in total. The highest BCUT2D eigenvalue weighted by molar-refractivity contribution is 7.80. The van der Waals surface area contributed by atoms with Crippen molar-refractivity contribution >= 4 is 59.0 Å². The molecular formula is C63H130N6O10S. The van der Waals surface area contributed by atoms with Crippen LogP contribution in [0.3, 0.4) is 0 Å². The molecule has 0 saturated heterocycles. The van der Waals surface area contributed by atoms with Gasteiger partial charge in [0.15, 0.2) is 28.9 Å². The lowest BCUT2D eigenvalue weighted by molar-refractivity contribution is -0.135.